The second-order valence-corrected chi connectivity index (χ2v) is 5.33. The van der Waals surface area contributed by atoms with Gasteiger partial charge in [-0.3, -0.25) is 4.90 Å². The Kier molecular flexibility index (Phi) is 2.95. The highest BCUT2D eigenvalue weighted by molar-refractivity contribution is 7.82. The van der Waals surface area contributed by atoms with Crippen molar-refractivity contribution in [2.24, 2.45) is 0 Å². The van der Waals surface area contributed by atoms with Crippen LogP contribution in [0.4, 0.5) is 0 Å². The maximum absolute atomic E-state index is 4.38. The van der Waals surface area contributed by atoms with Crippen molar-refractivity contribution in [3.05, 3.63) is 17.2 Å². The summed E-state index contributed by atoms with van der Waals surface area (Å²) in [6.45, 7) is 3.25. The van der Waals surface area contributed by atoms with Crippen LogP contribution in [0, 0.1) is 0 Å². The molecule has 1 aliphatic heterocycles. The molecule has 1 unspecified atom stereocenters. The molecular weight excluding hydrogens is 212 g/mol. The molecule has 2 nitrogen and oxygen atoms in total. The smallest absolute Gasteiger partial charge is 0.147 e. The van der Waals surface area contributed by atoms with Gasteiger partial charge in [0, 0.05) is 18.0 Å². The fourth-order valence-corrected chi connectivity index (χ4v) is 2.42. The van der Waals surface area contributed by atoms with Gasteiger partial charge in [0.25, 0.3) is 0 Å². The lowest BCUT2D eigenvalue weighted by atomic mass is 10.0. The Labute approximate surface area is 94.1 Å². The highest BCUT2D eigenvalue weighted by Crippen LogP contribution is 2.25. The van der Waals surface area contributed by atoms with Gasteiger partial charge in [0.2, 0.25) is 0 Å². The number of thiazole rings is 1. The van der Waals surface area contributed by atoms with Crippen molar-refractivity contribution in [3.8, 4) is 0 Å². The van der Waals surface area contributed by atoms with Crippen LogP contribution in [0.2, 0.25) is 0 Å². The Bertz CT molecular complexity index is 357. The molecule has 0 spiro atoms. The molecule has 1 aromatic rings. The van der Waals surface area contributed by atoms with Crippen molar-refractivity contribution in [2.75, 3.05) is 13.6 Å². The zero-order chi connectivity index (χ0) is 10.1. The van der Waals surface area contributed by atoms with Crippen molar-refractivity contribution in [1.29, 1.82) is 0 Å². The lowest BCUT2D eigenvalue weighted by Gasteiger charge is -2.28. The average Bonchev–Trinajstić information content (AvgIpc) is 2.57. The van der Waals surface area contributed by atoms with Gasteiger partial charge in [0.15, 0.2) is 0 Å². The summed E-state index contributed by atoms with van der Waals surface area (Å²) in [5.41, 5.74) is 2.43. The number of likely N-dealkylation sites (N-methyl/N-ethyl adjacent to an activating group) is 1. The van der Waals surface area contributed by atoms with Gasteiger partial charge in [-0.25, -0.2) is 4.98 Å². The fourth-order valence-electron chi connectivity index (χ4n) is 1.58. The summed E-state index contributed by atoms with van der Waals surface area (Å²) >= 11 is 5.83. The molecule has 76 valence electrons. The topological polar surface area (TPSA) is 16.1 Å². The molecule has 0 radical (unpaired) electrons. The highest BCUT2D eigenvalue weighted by atomic mass is 32.2. The molecule has 0 saturated heterocycles. The van der Waals surface area contributed by atoms with Crippen LogP contribution in [-0.2, 0) is 0 Å². The van der Waals surface area contributed by atoms with E-state index in [0.29, 0.717) is 6.04 Å². The summed E-state index contributed by atoms with van der Waals surface area (Å²) in [7, 11) is 2.16. The quantitative estimate of drug-likeness (QED) is 0.741. The second kappa shape index (κ2) is 4.04. The molecule has 2 heterocycles. The molecule has 2 rings (SSSR count). The van der Waals surface area contributed by atoms with Crippen LogP contribution in [0.15, 0.2) is 15.8 Å². The van der Waals surface area contributed by atoms with Gasteiger partial charge in [-0.05, 0) is 26.0 Å². The molecule has 0 aliphatic carbocycles. The van der Waals surface area contributed by atoms with Crippen molar-refractivity contribution < 1.29 is 0 Å². The van der Waals surface area contributed by atoms with E-state index in [2.05, 4.69) is 47.9 Å². The van der Waals surface area contributed by atoms with E-state index in [1.54, 1.807) is 11.3 Å². The summed E-state index contributed by atoms with van der Waals surface area (Å²) in [5, 5.41) is 2.08. The molecule has 0 saturated carbocycles. The lowest BCUT2D eigenvalue weighted by molar-refractivity contribution is 0.280. The molecule has 4 heteroatoms. The first-order valence-corrected chi connectivity index (χ1v) is 6.03. The number of hydrogen-bond donors (Lipinski definition) is 1. The van der Waals surface area contributed by atoms with Crippen molar-refractivity contribution >= 4 is 29.5 Å². The Morgan fingerprint density at radius 3 is 3.00 bits per heavy atom. The summed E-state index contributed by atoms with van der Waals surface area (Å²) in [5.74, 6) is 0. The monoisotopic (exact) mass is 226 g/mol. The number of rotatable bonds is 1. The van der Waals surface area contributed by atoms with Gasteiger partial charge >= 0.3 is 0 Å². The maximum Gasteiger partial charge on any atom is 0.147 e. The Hall–Kier alpha value is -0.320. The lowest BCUT2D eigenvalue weighted by Crippen LogP contribution is -2.33. The number of nitrogens with zero attached hydrogens (tertiary/aromatic N) is 2. The van der Waals surface area contributed by atoms with E-state index in [0.717, 1.165) is 23.0 Å². The molecule has 14 heavy (non-hydrogen) atoms. The normalized spacial score (nSPS) is 23.6. The van der Waals surface area contributed by atoms with Gasteiger partial charge in [-0.15, -0.1) is 24.0 Å². The Morgan fingerprint density at radius 2 is 2.43 bits per heavy atom. The summed E-state index contributed by atoms with van der Waals surface area (Å²) in [4.78, 5) is 6.74. The van der Waals surface area contributed by atoms with Gasteiger partial charge in [-0.2, -0.15) is 0 Å². The molecule has 0 bridgehead atoms. The number of hydrogen-bond acceptors (Lipinski definition) is 4. The first-order chi connectivity index (χ1) is 6.66. The predicted molar refractivity (Wildman–Crippen MR) is 64.1 cm³/mol. The van der Waals surface area contributed by atoms with E-state index in [1.165, 1.54) is 5.57 Å². The van der Waals surface area contributed by atoms with Gasteiger partial charge in [0.1, 0.15) is 4.34 Å². The van der Waals surface area contributed by atoms with Gasteiger partial charge in [0.05, 0.1) is 5.69 Å². The van der Waals surface area contributed by atoms with E-state index >= 15 is 0 Å². The first-order valence-electron chi connectivity index (χ1n) is 4.71. The average molecular weight is 226 g/mol. The van der Waals surface area contributed by atoms with Crippen LogP contribution in [0.1, 0.15) is 19.0 Å². The van der Waals surface area contributed by atoms with Crippen LogP contribution in [-0.4, -0.2) is 29.5 Å². The van der Waals surface area contributed by atoms with E-state index < -0.39 is 0 Å². The maximum atomic E-state index is 4.38. The fraction of sp³-hybridized carbons (Fsp3) is 0.500. The molecule has 1 aliphatic rings. The Morgan fingerprint density at radius 1 is 1.64 bits per heavy atom. The molecule has 0 amide bonds. The minimum atomic E-state index is 0.646. The largest absolute Gasteiger partial charge is 0.299 e. The van der Waals surface area contributed by atoms with E-state index in [9.17, 15) is 0 Å². The van der Waals surface area contributed by atoms with Gasteiger partial charge < -0.3 is 0 Å². The predicted octanol–water partition coefficient (Wildman–Crippen LogP) is 2.54. The summed E-state index contributed by atoms with van der Waals surface area (Å²) in [6, 6.07) is 0.646. The summed E-state index contributed by atoms with van der Waals surface area (Å²) in [6.07, 6.45) is 3.41. The first kappa shape index (κ1) is 10.2. The third-order valence-electron chi connectivity index (χ3n) is 2.70. The van der Waals surface area contributed by atoms with Crippen molar-refractivity contribution in [2.45, 2.75) is 23.7 Å². The molecule has 0 N–H and O–H groups in total. The van der Waals surface area contributed by atoms with Crippen LogP contribution in [0.5, 0.6) is 0 Å². The van der Waals surface area contributed by atoms with Crippen LogP contribution >= 0.6 is 24.0 Å². The number of aromatic nitrogens is 1. The SMILES string of the molecule is CC1CC=C(c2csc(S)n2)CN1C. The minimum Gasteiger partial charge on any atom is -0.299 e. The standard InChI is InChI=1S/C10H14N2S2/c1-7-3-4-8(5-12(7)2)9-6-14-10(13)11-9/h4,6-7H,3,5H2,1-2H3,(H,11,13). The van der Waals surface area contributed by atoms with Crippen molar-refractivity contribution in [1.82, 2.24) is 9.88 Å². The van der Waals surface area contributed by atoms with Gasteiger partial charge in [-0.1, -0.05) is 6.08 Å². The Balaban J connectivity index is 2.20. The number of thiol groups is 1. The van der Waals surface area contributed by atoms with E-state index in [1.807, 2.05) is 0 Å². The second-order valence-electron chi connectivity index (χ2n) is 3.74. The van der Waals surface area contributed by atoms with Crippen molar-refractivity contribution in [3.63, 3.8) is 0 Å². The summed E-state index contributed by atoms with van der Waals surface area (Å²) < 4.78 is 0.849. The molecule has 1 atom stereocenters. The molecule has 0 fully saturated rings. The van der Waals surface area contributed by atoms with Crippen LogP contribution in [0.25, 0.3) is 5.57 Å². The van der Waals surface area contributed by atoms with E-state index in [4.69, 9.17) is 0 Å². The zero-order valence-electron chi connectivity index (χ0n) is 8.40. The highest BCUT2D eigenvalue weighted by Gasteiger charge is 2.17. The van der Waals surface area contributed by atoms with E-state index in [-0.39, 0.29) is 0 Å². The molecule has 0 aromatic carbocycles. The minimum absolute atomic E-state index is 0.646. The van der Waals surface area contributed by atoms with Crippen LogP contribution in [0.3, 0.4) is 0 Å². The zero-order valence-corrected chi connectivity index (χ0v) is 10.1. The molecule has 1 aromatic heterocycles. The van der Waals surface area contributed by atoms with Crippen LogP contribution < -0.4 is 0 Å². The third-order valence-corrected chi connectivity index (χ3v) is 3.76. The molecular formula is C10H14N2S2. The third kappa shape index (κ3) is 2.02.